The van der Waals surface area contributed by atoms with E-state index in [0.29, 0.717) is 31.3 Å². The van der Waals surface area contributed by atoms with E-state index in [1.807, 2.05) is 22.8 Å². The lowest BCUT2D eigenvalue weighted by molar-refractivity contribution is 0.279. The van der Waals surface area contributed by atoms with Crippen molar-refractivity contribution in [3.8, 4) is 17.2 Å². The number of unbranched alkanes of at least 4 members (excludes halogenated alkanes) is 9. The summed E-state index contributed by atoms with van der Waals surface area (Å²) in [6, 6.07) is 5.94. The third-order valence-electron chi connectivity index (χ3n) is 6.10. The molecule has 0 bridgehead atoms. The summed E-state index contributed by atoms with van der Waals surface area (Å²) in [6.45, 7) is 8.46. The summed E-state index contributed by atoms with van der Waals surface area (Å²) >= 11 is 0. The Bertz CT molecular complexity index is 874. The van der Waals surface area contributed by atoms with Gasteiger partial charge in [0.15, 0.2) is 5.75 Å². The zero-order valence-corrected chi connectivity index (χ0v) is 21.4. The van der Waals surface area contributed by atoms with Crippen molar-refractivity contribution in [2.24, 2.45) is 0 Å². The van der Waals surface area contributed by atoms with Crippen LogP contribution in [0.5, 0.6) is 17.2 Å². The van der Waals surface area contributed by atoms with E-state index in [1.54, 1.807) is 7.11 Å². The van der Waals surface area contributed by atoms with Gasteiger partial charge in [-0.05, 0) is 31.4 Å². The van der Waals surface area contributed by atoms with Crippen LogP contribution in [0, 0.1) is 0 Å². The number of aromatic nitrogens is 1. The molecule has 0 atom stereocenters. The van der Waals surface area contributed by atoms with E-state index in [2.05, 4.69) is 20.8 Å². The number of hydrogen-bond donors (Lipinski definition) is 0. The third-order valence-corrected chi connectivity index (χ3v) is 6.10. The summed E-state index contributed by atoms with van der Waals surface area (Å²) in [6.07, 6.45) is 13.7. The molecular weight excluding hydrogens is 414 g/mol. The molecule has 1 aromatic carbocycles. The molecule has 0 saturated heterocycles. The highest BCUT2D eigenvalue weighted by Gasteiger charge is 2.19. The monoisotopic (exact) mass is 459 g/mol. The molecule has 5 heteroatoms. The molecule has 2 aromatic rings. The number of benzene rings is 1. The van der Waals surface area contributed by atoms with E-state index in [-0.39, 0.29) is 5.56 Å². The van der Waals surface area contributed by atoms with E-state index < -0.39 is 0 Å². The summed E-state index contributed by atoms with van der Waals surface area (Å²) in [5, 5.41) is 0.893. The van der Waals surface area contributed by atoms with Gasteiger partial charge in [-0.25, -0.2) is 0 Å². The van der Waals surface area contributed by atoms with Gasteiger partial charge in [-0.2, -0.15) is 0 Å². The van der Waals surface area contributed by atoms with E-state index in [1.165, 1.54) is 44.9 Å². The summed E-state index contributed by atoms with van der Waals surface area (Å²) in [4.78, 5) is 13.4. The molecule has 0 aliphatic heterocycles. The van der Waals surface area contributed by atoms with Crippen molar-refractivity contribution in [2.75, 3.05) is 20.3 Å². The summed E-state index contributed by atoms with van der Waals surface area (Å²) in [5.74, 6) is 1.66. The maximum absolute atomic E-state index is 13.4. The maximum atomic E-state index is 13.4. The Morgan fingerprint density at radius 1 is 0.727 bits per heavy atom. The molecule has 2 rings (SSSR count). The first-order valence-electron chi connectivity index (χ1n) is 13.2. The molecular formula is C28H45NO4. The van der Waals surface area contributed by atoms with Gasteiger partial charge in [0.25, 0.3) is 5.56 Å². The summed E-state index contributed by atoms with van der Waals surface area (Å²) < 4.78 is 19.6. The number of fused-ring (bicyclic) bond motifs is 1. The molecule has 0 aliphatic rings. The maximum Gasteiger partial charge on any atom is 0.297 e. The Balaban J connectivity index is 2.24. The van der Waals surface area contributed by atoms with E-state index >= 15 is 0 Å². The standard InChI is InChI=1S/C28H45NO4/c1-5-8-11-13-14-16-21-33-27-26(31-4)24-18-17-23(32-20-15-12-9-6-2)22-25(24)29(28(27)30)19-10-7-3/h17-18,22H,5-16,19-21H2,1-4H3. The van der Waals surface area contributed by atoms with Gasteiger partial charge in [0, 0.05) is 18.0 Å². The third kappa shape index (κ3) is 8.28. The van der Waals surface area contributed by atoms with E-state index in [9.17, 15) is 4.79 Å². The zero-order chi connectivity index (χ0) is 23.9. The molecule has 1 aromatic heterocycles. The lowest BCUT2D eigenvalue weighted by atomic mass is 10.1. The second-order valence-electron chi connectivity index (χ2n) is 8.88. The fourth-order valence-electron chi connectivity index (χ4n) is 4.11. The molecule has 0 spiro atoms. The molecule has 186 valence electrons. The molecule has 0 saturated carbocycles. The van der Waals surface area contributed by atoms with Crippen molar-refractivity contribution in [2.45, 2.75) is 104 Å². The van der Waals surface area contributed by atoms with Gasteiger partial charge < -0.3 is 18.8 Å². The van der Waals surface area contributed by atoms with Crippen LogP contribution < -0.4 is 19.8 Å². The van der Waals surface area contributed by atoms with E-state index in [0.717, 1.165) is 48.8 Å². The number of hydrogen-bond acceptors (Lipinski definition) is 4. The molecule has 0 N–H and O–H groups in total. The minimum atomic E-state index is -0.112. The second-order valence-corrected chi connectivity index (χ2v) is 8.88. The van der Waals surface area contributed by atoms with Crippen LogP contribution >= 0.6 is 0 Å². The molecule has 33 heavy (non-hydrogen) atoms. The average molecular weight is 460 g/mol. The van der Waals surface area contributed by atoms with Crippen molar-refractivity contribution in [1.82, 2.24) is 4.57 Å². The van der Waals surface area contributed by atoms with Crippen molar-refractivity contribution < 1.29 is 14.2 Å². The van der Waals surface area contributed by atoms with Crippen LogP contribution in [0.25, 0.3) is 10.9 Å². The van der Waals surface area contributed by atoms with Crippen LogP contribution in [0.4, 0.5) is 0 Å². The molecule has 0 aliphatic carbocycles. The second kappa shape index (κ2) is 15.6. The Morgan fingerprint density at radius 2 is 1.33 bits per heavy atom. The predicted molar refractivity (Wildman–Crippen MR) is 138 cm³/mol. The quantitative estimate of drug-likeness (QED) is 0.216. The summed E-state index contributed by atoms with van der Waals surface area (Å²) in [7, 11) is 1.61. The highest BCUT2D eigenvalue weighted by Crippen LogP contribution is 2.34. The average Bonchev–Trinajstić information content (AvgIpc) is 2.83. The van der Waals surface area contributed by atoms with Gasteiger partial charge >= 0.3 is 0 Å². The first-order chi connectivity index (χ1) is 16.2. The number of methoxy groups -OCH3 is 1. The van der Waals surface area contributed by atoms with Crippen LogP contribution in [0.15, 0.2) is 23.0 Å². The van der Waals surface area contributed by atoms with Gasteiger partial charge in [-0.3, -0.25) is 4.79 Å². The normalized spacial score (nSPS) is 11.2. The Morgan fingerprint density at radius 3 is 2.00 bits per heavy atom. The Hall–Kier alpha value is -2.17. The van der Waals surface area contributed by atoms with Crippen molar-refractivity contribution >= 4 is 10.9 Å². The molecule has 0 amide bonds. The molecule has 5 nitrogen and oxygen atoms in total. The van der Waals surface area contributed by atoms with E-state index in [4.69, 9.17) is 14.2 Å². The van der Waals surface area contributed by atoms with Crippen molar-refractivity contribution in [1.29, 1.82) is 0 Å². The fraction of sp³-hybridized carbons (Fsp3) is 0.679. The number of nitrogens with zero attached hydrogens (tertiary/aromatic N) is 1. The molecule has 0 unspecified atom stereocenters. The van der Waals surface area contributed by atoms with Gasteiger partial charge in [0.1, 0.15) is 5.75 Å². The molecule has 0 fully saturated rings. The molecule has 0 radical (unpaired) electrons. The van der Waals surface area contributed by atoms with Crippen molar-refractivity contribution in [3.05, 3.63) is 28.6 Å². The van der Waals surface area contributed by atoms with Crippen LogP contribution in [0.1, 0.15) is 97.8 Å². The van der Waals surface area contributed by atoms with Gasteiger partial charge in [-0.1, -0.05) is 78.6 Å². The minimum Gasteiger partial charge on any atom is -0.494 e. The highest BCUT2D eigenvalue weighted by molar-refractivity contribution is 5.89. The molecule has 1 heterocycles. The largest absolute Gasteiger partial charge is 0.494 e. The highest BCUT2D eigenvalue weighted by atomic mass is 16.5. The number of pyridine rings is 1. The smallest absolute Gasteiger partial charge is 0.297 e. The van der Waals surface area contributed by atoms with Crippen molar-refractivity contribution in [3.63, 3.8) is 0 Å². The predicted octanol–water partition coefficient (Wildman–Crippen LogP) is 7.51. The number of ether oxygens (including phenoxy) is 3. The topological polar surface area (TPSA) is 49.7 Å². The fourth-order valence-corrected chi connectivity index (χ4v) is 4.11. The Labute approximate surface area is 200 Å². The van der Waals surface area contributed by atoms with Crippen LogP contribution in [0.3, 0.4) is 0 Å². The van der Waals surface area contributed by atoms with Gasteiger partial charge in [0.2, 0.25) is 5.75 Å². The minimum absolute atomic E-state index is 0.112. The van der Waals surface area contributed by atoms with Crippen LogP contribution in [-0.2, 0) is 6.54 Å². The Kier molecular flexibility index (Phi) is 12.8. The SMILES string of the molecule is CCCCCCCCOc1c(OC)c2ccc(OCCCCCC)cc2n(CCCC)c1=O. The lowest BCUT2D eigenvalue weighted by Crippen LogP contribution is -2.24. The summed E-state index contributed by atoms with van der Waals surface area (Å²) in [5.41, 5.74) is 0.738. The number of aryl methyl sites for hydroxylation is 1. The number of rotatable bonds is 18. The zero-order valence-electron chi connectivity index (χ0n) is 21.4. The van der Waals surface area contributed by atoms with Crippen LogP contribution in [-0.4, -0.2) is 24.9 Å². The first kappa shape index (κ1) is 27.1. The van der Waals surface area contributed by atoms with Gasteiger partial charge in [-0.15, -0.1) is 0 Å². The lowest BCUT2D eigenvalue weighted by Gasteiger charge is -2.18. The van der Waals surface area contributed by atoms with Gasteiger partial charge in [0.05, 0.1) is 25.8 Å². The first-order valence-corrected chi connectivity index (χ1v) is 13.2. The van der Waals surface area contributed by atoms with Crippen LogP contribution in [0.2, 0.25) is 0 Å².